The van der Waals surface area contributed by atoms with Crippen molar-refractivity contribution in [2.45, 2.75) is 67.5 Å². The summed E-state index contributed by atoms with van der Waals surface area (Å²) in [7, 11) is 0. The molecule has 0 radical (unpaired) electrons. The standard InChI is InChI=1S/C22H27NO16S/c1-7-4-12(25)34-10-5-8(2-3-9(7)10)33-21-16(29)14(27)17(18(37-21)20(30)31)36-22-19(40-39-23-38-32)15(28)13(26)11(6-24)35-22/h2-5,11,13-19,21-24,26-29,32H,6H2,1H3,(H,30,31)/t11?,13-,14-,15+,16?,17+,18?,19?,21-,22-/m1/s1. The van der Waals surface area contributed by atoms with E-state index in [9.17, 15) is 40.2 Å². The molecule has 3 heterocycles. The maximum atomic E-state index is 12.1. The zero-order valence-corrected chi connectivity index (χ0v) is 21.3. The van der Waals surface area contributed by atoms with E-state index in [2.05, 4.69) is 9.27 Å². The van der Waals surface area contributed by atoms with Gasteiger partial charge in [0.1, 0.15) is 53.2 Å². The Morgan fingerprint density at radius 3 is 2.48 bits per heavy atom. The molecule has 4 unspecified atom stereocenters. The van der Waals surface area contributed by atoms with Crippen molar-refractivity contribution in [3.63, 3.8) is 0 Å². The van der Waals surface area contributed by atoms with Crippen LogP contribution < -0.4 is 16.0 Å². The normalized spacial score (nSPS) is 34.6. The third-order valence-electron chi connectivity index (χ3n) is 6.31. The minimum atomic E-state index is -1.97. The lowest BCUT2D eigenvalue weighted by Gasteiger charge is -2.45. The summed E-state index contributed by atoms with van der Waals surface area (Å²) in [6, 6.07) is 5.66. The number of carbonyl (C=O) groups is 1. The van der Waals surface area contributed by atoms with Crippen LogP contribution in [0.5, 0.6) is 5.75 Å². The van der Waals surface area contributed by atoms with E-state index in [1.165, 1.54) is 18.2 Å². The van der Waals surface area contributed by atoms with Crippen molar-refractivity contribution < 1.29 is 73.3 Å². The third-order valence-corrected chi connectivity index (χ3v) is 7.20. The minimum Gasteiger partial charge on any atom is -0.479 e. The van der Waals surface area contributed by atoms with Crippen LogP contribution in [-0.4, -0.2) is 109 Å². The van der Waals surface area contributed by atoms with Gasteiger partial charge in [-0.2, -0.15) is 0 Å². The molecule has 18 heteroatoms. The van der Waals surface area contributed by atoms with E-state index >= 15 is 0 Å². The maximum Gasteiger partial charge on any atom is 0.336 e. The zero-order chi connectivity index (χ0) is 29.1. The Morgan fingerprint density at radius 1 is 1.05 bits per heavy atom. The lowest BCUT2D eigenvalue weighted by Crippen LogP contribution is -2.65. The molecule has 1 aromatic heterocycles. The van der Waals surface area contributed by atoms with Crippen molar-refractivity contribution in [1.29, 1.82) is 0 Å². The molecule has 1 aromatic carbocycles. The highest BCUT2D eigenvalue weighted by atomic mass is 32.2. The fraction of sp³-hybridized carbons (Fsp3) is 0.545. The van der Waals surface area contributed by atoms with Crippen LogP contribution in [0.1, 0.15) is 5.56 Å². The fourth-order valence-electron chi connectivity index (χ4n) is 4.31. The van der Waals surface area contributed by atoms with Gasteiger partial charge in [0.25, 0.3) is 0 Å². The average molecular weight is 594 g/mol. The monoisotopic (exact) mass is 593 g/mol. The number of carboxylic acids is 1. The Labute approximate surface area is 228 Å². The van der Waals surface area contributed by atoms with Gasteiger partial charge in [-0.15, -0.1) is 4.99 Å². The zero-order valence-electron chi connectivity index (χ0n) is 20.5. The van der Waals surface area contributed by atoms with Gasteiger partial charge in [0.2, 0.25) is 6.29 Å². The first-order valence-corrected chi connectivity index (χ1v) is 12.5. The molecule has 10 atom stereocenters. The molecule has 2 saturated heterocycles. The SMILES string of the molecule is Cc1cc(=O)oc2cc(O[C@@H]3OC(C(=O)O)[C@@H](O[C@H]4OC(CO)[C@@H](O)[C@H](O)C4SONOO)[C@H](O)C3O)ccc12. The number of hydrogen-bond acceptors (Lipinski definition) is 17. The van der Waals surface area contributed by atoms with Crippen molar-refractivity contribution >= 4 is 29.0 Å². The number of benzene rings is 1. The first kappa shape index (κ1) is 30.5. The number of rotatable bonds is 10. The molecule has 2 aliphatic rings. The summed E-state index contributed by atoms with van der Waals surface area (Å²) in [5, 5.41) is 69.1. The number of aliphatic hydroxyl groups excluding tert-OH is 5. The fourth-order valence-corrected chi connectivity index (χ4v) is 4.99. The van der Waals surface area contributed by atoms with Crippen LogP contribution in [0, 0.1) is 6.92 Å². The summed E-state index contributed by atoms with van der Waals surface area (Å²) >= 11 is 0.334. The molecule has 8 N–H and O–H groups in total. The summed E-state index contributed by atoms with van der Waals surface area (Å²) in [5.41, 5.74) is 1.78. The highest BCUT2D eigenvalue weighted by molar-refractivity contribution is 7.95. The molecular formula is C22H27NO16S. The van der Waals surface area contributed by atoms with Gasteiger partial charge in [0.05, 0.1) is 6.61 Å². The number of aryl methyl sites for hydroxylation is 1. The van der Waals surface area contributed by atoms with Gasteiger partial charge in [-0.25, -0.2) is 19.1 Å². The van der Waals surface area contributed by atoms with Gasteiger partial charge in [-0.1, -0.05) is 0 Å². The highest BCUT2D eigenvalue weighted by Gasteiger charge is 2.54. The molecule has 4 rings (SSSR count). The summed E-state index contributed by atoms with van der Waals surface area (Å²) in [5.74, 6) is -1.61. The summed E-state index contributed by atoms with van der Waals surface area (Å²) in [6.07, 6.45) is -15.8. The Balaban J connectivity index is 1.54. The van der Waals surface area contributed by atoms with Crippen LogP contribution in [0.2, 0.25) is 0 Å². The number of nitrogens with one attached hydrogen (secondary N) is 1. The number of hydrogen-bond donors (Lipinski definition) is 8. The summed E-state index contributed by atoms with van der Waals surface area (Å²) in [6.45, 7) is 0.927. The van der Waals surface area contributed by atoms with E-state index in [1.807, 2.05) is 0 Å². The van der Waals surface area contributed by atoms with Crippen molar-refractivity contribution in [3.05, 3.63) is 40.2 Å². The lowest BCUT2D eigenvalue weighted by molar-refractivity contribution is -0.345. The summed E-state index contributed by atoms with van der Waals surface area (Å²) in [4.78, 5) is 27.3. The average Bonchev–Trinajstić information content (AvgIpc) is 2.91. The van der Waals surface area contributed by atoms with Crippen LogP contribution >= 0.6 is 12.0 Å². The number of aliphatic carboxylic acids is 1. The van der Waals surface area contributed by atoms with Gasteiger partial charge in [0, 0.05) is 29.6 Å². The van der Waals surface area contributed by atoms with Crippen LogP contribution in [-0.2, 0) is 28.3 Å². The molecule has 0 amide bonds. The van der Waals surface area contributed by atoms with Crippen LogP contribution in [0.4, 0.5) is 0 Å². The quantitative estimate of drug-likeness (QED) is 0.0477. The summed E-state index contributed by atoms with van der Waals surface area (Å²) < 4.78 is 31.9. The van der Waals surface area contributed by atoms with Crippen LogP contribution in [0.25, 0.3) is 11.0 Å². The van der Waals surface area contributed by atoms with E-state index in [-0.39, 0.29) is 11.3 Å². The largest absolute Gasteiger partial charge is 0.479 e. The van der Waals surface area contributed by atoms with Crippen molar-refractivity contribution in [2.24, 2.45) is 0 Å². The second kappa shape index (κ2) is 13.0. The Hall–Kier alpha value is -2.43. The number of ether oxygens (including phenoxy) is 4. The van der Waals surface area contributed by atoms with Crippen LogP contribution in [0.15, 0.2) is 33.5 Å². The van der Waals surface area contributed by atoms with Gasteiger partial charge >= 0.3 is 11.6 Å². The highest BCUT2D eigenvalue weighted by Crippen LogP contribution is 2.35. The first-order valence-electron chi connectivity index (χ1n) is 11.7. The topological polar surface area (TPSA) is 256 Å². The Bertz CT molecular complexity index is 1230. The van der Waals surface area contributed by atoms with Gasteiger partial charge < -0.3 is 54.0 Å². The van der Waals surface area contributed by atoms with Crippen molar-refractivity contribution in [2.75, 3.05) is 6.61 Å². The van der Waals surface area contributed by atoms with Gasteiger partial charge in [0.15, 0.2) is 12.4 Å². The minimum absolute atomic E-state index is 0.0201. The smallest absolute Gasteiger partial charge is 0.336 e. The van der Waals surface area contributed by atoms with E-state index in [0.29, 0.717) is 23.0 Å². The third kappa shape index (κ3) is 6.39. The van der Waals surface area contributed by atoms with Crippen molar-refractivity contribution in [1.82, 2.24) is 5.64 Å². The molecule has 0 spiro atoms. The Morgan fingerprint density at radius 2 is 1.80 bits per heavy atom. The molecule has 2 aromatic rings. The lowest BCUT2D eigenvalue weighted by atomic mass is 9.97. The second-order valence-electron chi connectivity index (χ2n) is 8.89. The Kier molecular flexibility index (Phi) is 9.95. The molecule has 222 valence electrons. The maximum absolute atomic E-state index is 12.1. The molecule has 2 aliphatic heterocycles. The van der Waals surface area contributed by atoms with Gasteiger partial charge in [-0.3, -0.25) is 0 Å². The molecule has 0 saturated carbocycles. The molecule has 0 bridgehead atoms. The number of fused-ring (bicyclic) bond motifs is 1. The van der Waals surface area contributed by atoms with Gasteiger partial charge in [-0.05, 0) is 30.3 Å². The second-order valence-corrected chi connectivity index (χ2v) is 9.80. The molecular weight excluding hydrogens is 566 g/mol. The molecule has 17 nitrogen and oxygen atoms in total. The first-order chi connectivity index (χ1) is 19.0. The van der Waals surface area contributed by atoms with E-state index in [4.69, 9.17) is 28.6 Å². The predicted octanol–water partition coefficient (Wildman–Crippen LogP) is -2.22. The number of aliphatic hydroxyl groups is 5. The van der Waals surface area contributed by atoms with Crippen molar-refractivity contribution in [3.8, 4) is 5.75 Å². The molecule has 0 aliphatic carbocycles. The van der Waals surface area contributed by atoms with E-state index in [0.717, 1.165) is 0 Å². The molecule has 40 heavy (non-hydrogen) atoms. The molecule has 2 fully saturated rings. The number of carboxylic acid groups (broad SMARTS) is 1. The van der Waals surface area contributed by atoms with Crippen LogP contribution in [0.3, 0.4) is 0 Å². The predicted molar refractivity (Wildman–Crippen MR) is 128 cm³/mol. The van der Waals surface area contributed by atoms with E-state index in [1.54, 1.807) is 18.6 Å². The van der Waals surface area contributed by atoms with E-state index < -0.39 is 78.8 Å².